The van der Waals surface area contributed by atoms with Crippen molar-refractivity contribution in [2.75, 3.05) is 30.7 Å². The quantitative estimate of drug-likeness (QED) is 0.579. The molecule has 0 radical (unpaired) electrons. The van der Waals surface area contributed by atoms with Crippen LogP contribution in [0.5, 0.6) is 0 Å². The second kappa shape index (κ2) is 9.89. The highest BCUT2D eigenvalue weighted by Gasteiger charge is 2.39. The van der Waals surface area contributed by atoms with Crippen LogP contribution in [-0.2, 0) is 4.79 Å². The third-order valence-corrected chi connectivity index (χ3v) is 7.54. The van der Waals surface area contributed by atoms with Crippen LogP contribution >= 0.6 is 27.7 Å². The van der Waals surface area contributed by atoms with Crippen LogP contribution in [0, 0.1) is 13.8 Å². The molecular weight excluding hydrogens is 484 g/mol. The fourth-order valence-electron chi connectivity index (χ4n) is 4.14. The summed E-state index contributed by atoms with van der Waals surface area (Å²) in [6.07, 6.45) is 1.83. The third kappa shape index (κ3) is 5.33. The highest BCUT2D eigenvalue weighted by atomic mass is 79.9. The summed E-state index contributed by atoms with van der Waals surface area (Å²) in [6, 6.07) is 14.2. The van der Waals surface area contributed by atoms with E-state index in [4.69, 9.17) is 9.98 Å². The molecule has 0 saturated carbocycles. The van der Waals surface area contributed by atoms with Crippen molar-refractivity contribution in [3.63, 3.8) is 0 Å². The third-order valence-electron chi connectivity index (χ3n) is 6.05. The minimum absolute atomic E-state index is 0.0263. The van der Waals surface area contributed by atoms with Crippen molar-refractivity contribution in [3.05, 3.63) is 63.6 Å². The molecule has 2 aromatic carbocycles. The average Bonchev–Trinajstić information content (AvgIpc) is 3.13. The van der Waals surface area contributed by atoms with E-state index in [1.165, 1.54) is 17.3 Å². The van der Waals surface area contributed by atoms with Crippen LogP contribution < -0.4 is 5.32 Å². The number of hydrogen-bond donors (Lipinski definition) is 1. The summed E-state index contributed by atoms with van der Waals surface area (Å²) in [4.78, 5) is 25.4. The zero-order chi connectivity index (χ0) is 22.7. The number of hydrogen-bond acceptors (Lipinski definition) is 5. The Kier molecular flexibility index (Phi) is 7.17. The minimum atomic E-state index is -0.388. The van der Waals surface area contributed by atoms with Gasteiger partial charge in [-0.25, -0.2) is 4.99 Å². The Labute approximate surface area is 202 Å². The van der Waals surface area contributed by atoms with E-state index in [0.29, 0.717) is 5.75 Å². The second-order valence-corrected chi connectivity index (χ2v) is 10.3. The van der Waals surface area contributed by atoms with Crippen molar-refractivity contribution in [1.29, 1.82) is 0 Å². The lowest BCUT2D eigenvalue weighted by Gasteiger charge is -2.34. The normalized spacial score (nSPS) is 17.9. The molecule has 1 spiro atoms. The van der Waals surface area contributed by atoms with E-state index in [1.54, 1.807) is 0 Å². The molecule has 2 aromatic rings. The number of nitrogens with zero attached hydrogens (tertiary/aromatic N) is 3. The highest BCUT2D eigenvalue weighted by molar-refractivity contribution is 9.10. The smallest absolute Gasteiger partial charge is 0.234 e. The summed E-state index contributed by atoms with van der Waals surface area (Å²) in [5.74, 6) is 0.278. The van der Waals surface area contributed by atoms with E-state index in [9.17, 15) is 4.79 Å². The summed E-state index contributed by atoms with van der Waals surface area (Å²) in [6.45, 7) is 9.33. The van der Waals surface area contributed by atoms with Gasteiger partial charge in [0.05, 0.1) is 11.5 Å². The van der Waals surface area contributed by atoms with Gasteiger partial charge >= 0.3 is 0 Å². The van der Waals surface area contributed by atoms with Gasteiger partial charge in [0, 0.05) is 41.7 Å². The molecule has 0 unspecified atom stereocenters. The van der Waals surface area contributed by atoms with E-state index >= 15 is 0 Å². The molecule has 0 atom stereocenters. The number of piperidine rings is 1. The Morgan fingerprint density at radius 2 is 1.84 bits per heavy atom. The number of amides is 1. The minimum Gasteiger partial charge on any atom is -0.325 e. The van der Waals surface area contributed by atoms with Crippen LogP contribution in [0.15, 0.2) is 56.9 Å². The highest BCUT2D eigenvalue weighted by Crippen LogP contribution is 2.35. The van der Waals surface area contributed by atoms with Crippen LogP contribution in [0.2, 0.25) is 0 Å². The Hall–Kier alpha value is -1.96. The fraction of sp³-hybridized carbons (Fsp3) is 0.400. The van der Waals surface area contributed by atoms with Gasteiger partial charge in [-0.15, -0.1) is 0 Å². The number of thioether (sulfide) groups is 1. The van der Waals surface area contributed by atoms with Crippen molar-refractivity contribution < 1.29 is 4.79 Å². The van der Waals surface area contributed by atoms with Gasteiger partial charge in [-0.2, -0.15) is 0 Å². The molecule has 7 heteroatoms. The zero-order valence-corrected chi connectivity index (χ0v) is 21.2. The number of carbonyl (C=O) groups is 1. The molecule has 2 heterocycles. The SMILES string of the molecule is CCN1CCC2(CC1)N=C(SCC(=O)Nc1ccc(C)cc1C)C(c1ccc(Br)cc1)=N2. The van der Waals surface area contributed by atoms with E-state index in [1.807, 2.05) is 31.2 Å². The number of rotatable bonds is 5. The standard InChI is InChI=1S/C25H29BrN4OS/c1-4-30-13-11-25(12-14-30)28-23(19-6-8-20(26)9-7-19)24(29-25)32-16-22(31)27-21-10-5-17(2)15-18(21)3/h5-10,15H,4,11-14,16H2,1-3H3,(H,27,31). The van der Waals surface area contributed by atoms with E-state index in [2.05, 4.69) is 58.2 Å². The molecule has 1 amide bonds. The van der Waals surface area contributed by atoms with Crippen LogP contribution in [-0.4, -0.2) is 52.6 Å². The number of halogens is 1. The second-order valence-electron chi connectivity index (χ2n) is 8.46. The molecule has 0 bridgehead atoms. The van der Waals surface area contributed by atoms with Crippen LogP contribution in [0.1, 0.15) is 36.5 Å². The number of aliphatic imine (C=N–C) groups is 2. The number of likely N-dealkylation sites (tertiary alicyclic amines) is 1. The largest absolute Gasteiger partial charge is 0.325 e. The number of carbonyl (C=O) groups excluding carboxylic acids is 1. The van der Waals surface area contributed by atoms with Crippen LogP contribution in [0.25, 0.3) is 0 Å². The number of anilines is 1. The van der Waals surface area contributed by atoms with Gasteiger partial charge in [-0.05, 0) is 44.2 Å². The fourth-order valence-corrected chi connectivity index (χ4v) is 5.28. The molecule has 2 aliphatic rings. The predicted octanol–water partition coefficient (Wildman–Crippen LogP) is 5.45. The average molecular weight is 514 g/mol. The Morgan fingerprint density at radius 1 is 1.12 bits per heavy atom. The van der Waals surface area contributed by atoms with Crippen molar-refractivity contribution in [2.45, 2.75) is 39.3 Å². The number of aryl methyl sites for hydroxylation is 2. The molecule has 1 fully saturated rings. The molecule has 2 aliphatic heterocycles. The predicted molar refractivity (Wildman–Crippen MR) is 139 cm³/mol. The summed E-state index contributed by atoms with van der Waals surface area (Å²) in [7, 11) is 0. The lowest BCUT2D eigenvalue weighted by Crippen LogP contribution is -2.41. The first-order valence-electron chi connectivity index (χ1n) is 11.1. The molecule has 0 aromatic heterocycles. The molecule has 32 heavy (non-hydrogen) atoms. The van der Waals surface area contributed by atoms with Crippen molar-refractivity contribution >= 4 is 50.0 Å². The summed E-state index contributed by atoms with van der Waals surface area (Å²) in [5.41, 5.74) is 4.68. The van der Waals surface area contributed by atoms with E-state index in [0.717, 1.165) is 64.5 Å². The lowest BCUT2D eigenvalue weighted by atomic mass is 9.98. The van der Waals surface area contributed by atoms with Crippen LogP contribution in [0.4, 0.5) is 5.69 Å². The van der Waals surface area contributed by atoms with Crippen molar-refractivity contribution in [3.8, 4) is 0 Å². The number of benzene rings is 2. The Balaban J connectivity index is 1.50. The maximum Gasteiger partial charge on any atom is 0.234 e. The number of nitrogens with one attached hydrogen (secondary N) is 1. The van der Waals surface area contributed by atoms with Gasteiger partial charge in [-0.1, -0.05) is 64.4 Å². The van der Waals surface area contributed by atoms with Gasteiger partial charge in [0.25, 0.3) is 0 Å². The Morgan fingerprint density at radius 3 is 2.50 bits per heavy atom. The molecular formula is C25H29BrN4OS. The van der Waals surface area contributed by atoms with E-state index < -0.39 is 0 Å². The summed E-state index contributed by atoms with van der Waals surface area (Å²) >= 11 is 5.00. The van der Waals surface area contributed by atoms with Crippen molar-refractivity contribution in [2.24, 2.45) is 9.98 Å². The maximum absolute atomic E-state index is 12.7. The van der Waals surface area contributed by atoms with Gasteiger partial charge < -0.3 is 10.2 Å². The van der Waals surface area contributed by atoms with E-state index in [-0.39, 0.29) is 11.6 Å². The van der Waals surface area contributed by atoms with Gasteiger partial charge in [0.15, 0.2) is 5.66 Å². The molecule has 1 saturated heterocycles. The van der Waals surface area contributed by atoms with Gasteiger partial charge in [0.2, 0.25) is 5.91 Å². The Bertz CT molecular complexity index is 1060. The van der Waals surface area contributed by atoms with Gasteiger partial charge in [-0.3, -0.25) is 9.79 Å². The molecule has 1 N–H and O–H groups in total. The first-order chi connectivity index (χ1) is 15.4. The summed E-state index contributed by atoms with van der Waals surface area (Å²) < 4.78 is 1.03. The lowest BCUT2D eigenvalue weighted by molar-refractivity contribution is -0.113. The first kappa shape index (κ1) is 23.2. The summed E-state index contributed by atoms with van der Waals surface area (Å²) in [5, 5.41) is 3.91. The topological polar surface area (TPSA) is 57.1 Å². The van der Waals surface area contributed by atoms with Crippen molar-refractivity contribution in [1.82, 2.24) is 4.90 Å². The molecule has 0 aliphatic carbocycles. The van der Waals surface area contributed by atoms with Gasteiger partial charge in [0.1, 0.15) is 5.04 Å². The maximum atomic E-state index is 12.7. The molecule has 168 valence electrons. The first-order valence-corrected chi connectivity index (χ1v) is 12.8. The monoisotopic (exact) mass is 512 g/mol. The molecule has 5 nitrogen and oxygen atoms in total. The zero-order valence-electron chi connectivity index (χ0n) is 18.8. The van der Waals surface area contributed by atoms with Crippen LogP contribution in [0.3, 0.4) is 0 Å². The molecule has 4 rings (SSSR count).